The molecule has 0 amide bonds. The number of aryl methyl sites for hydroxylation is 1. The molecule has 1 atom stereocenters. The Hall–Kier alpha value is -2.25. The quantitative estimate of drug-likeness (QED) is 0.719. The monoisotopic (exact) mass is 330 g/mol. The molecule has 0 bridgehead atoms. The van der Waals surface area contributed by atoms with E-state index in [1.54, 1.807) is 0 Å². The molecule has 23 heavy (non-hydrogen) atoms. The van der Waals surface area contributed by atoms with Crippen LogP contribution in [0, 0.1) is 0 Å². The Morgan fingerprint density at radius 1 is 1.35 bits per heavy atom. The van der Waals surface area contributed by atoms with E-state index in [2.05, 4.69) is 15.4 Å². The summed E-state index contributed by atoms with van der Waals surface area (Å²) in [5.74, 6) is 0. The highest BCUT2D eigenvalue weighted by atomic mass is 32.1. The molecule has 0 fully saturated rings. The lowest BCUT2D eigenvalue weighted by molar-refractivity contribution is 0.273. The summed E-state index contributed by atoms with van der Waals surface area (Å²) in [5, 5.41) is 17.6. The number of rotatable bonds is 6. The first kappa shape index (κ1) is 15.6. The molecule has 0 unspecified atom stereocenters. The standard InChI is InChI=1S/C16H18N4O2S/c1-2-12-9-14(22)20-16(18-12)23-15(19-20)17-13(10-21)8-11-6-4-3-5-7-11/h3-7,9,13,21H,2,8,10H2,1H3,(H,17,19)/t13-/m1/s1. The van der Waals surface area contributed by atoms with Gasteiger partial charge in [-0.2, -0.15) is 4.52 Å². The summed E-state index contributed by atoms with van der Waals surface area (Å²) >= 11 is 1.31. The highest BCUT2D eigenvalue weighted by Crippen LogP contribution is 2.18. The summed E-state index contributed by atoms with van der Waals surface area (Å²) < 4.78 is 1.29. The number of aliphatic hydroxyl groups is 1. The number of nitrogens with one attached hydrogen (secondary N) is 1. The second-order valence-corrected chi connectivity index (χ2v) is 6.21. The van der Waals surface area contributed by atoms with Crippen molar-refractivity contribution in [2.75, 3.05) is 11.9 Å². The van der Waals surface area contributed by atoms with Crippen molar-refractivity contribution in [1.82, 2.24) is 14.6 Å². The lowest BCUT2D eigenvalue weighted by atomic mass is 10.1. The van der Waals surface area contributed by atoms with Gasteiger partial charge in [-0.15, -0.1) is 5.10 Å². The fraction of sp³-hybridized carbons (Fsp3) is 0.312. The number of anilines is 1. The molecular weight excluding hydrogens is 312 g/mol. The Bertz CT molecular complexity index is 844. The lowest BCUT2D eigenvalue weighted by Crippen LogP contribution is -2.26. The van der Waals surface area contributed by atoms with E-state index in [9.17, 15) is 9.90 Å². The minimum absolute atomic E-state index is 0.0205. The van der Waals surface area contributed by atoms with E-state index in [1.807, 2.05) is 37.3 Å². The van der Waals surface area contributed by atoms with Crippen LogP contribution in [0.3, 0.4) is 0 Å². The Balaban J connectivity index is 1.82. The number of nitrogens with zero attached hydrogens (tertiary/aromatic N) is 3. The van der Waals surface area contributed by atoms with Crippen LogP contribution < -0.4 is 10.9 Å². The molecule has 2 heterocycles. The molecule has 7 heteroatoms. The van der Waals surface area contributed by atoms with Gasteiger partial charge in [0.2, 0.25) is 10.1 Å². The molecule has 3 rings (SSSR count). The summed E-state index contributed by atoms with van der Waals surface area (Å²) in [4.78, 5) is 17.0. The molecule has 1 aromatic carbocycles. The topological polar surface area (TPSA) is 79.5 Å². The highest BCUT2D eigenvalue weighted by molar-refractivity contribution is 7.20. The number of hydrogen-bond donors (Lipinski definition) is 2. The third-order valence-corrected chi connectivity index (χ3v) is 4.37. The van der Waals surface area contributed by atoms with E-state index in [-0.39, 0.29) is 18.2 Å². The maximum absolute atomic E-state index is 12.0. The Morgan fingerprint density at radius 2 is 2.13 bits per heavy atom. The summed E-state index contributed by atoms with van der Waals surface area (Å²) in [7, 11) is 0. The second-order valence-electron chi connectivity index (χ2n) is 5.25. The molecule has 6 nitrogen and oxygen atoms in total. The average molecular weight is 330 g/mol. The third kappa shape index (κ3) is 3.57. The highest BCUT2D eigenvalue weighted by Gasteiger charge is 2.13. The van der Waals surface area contributed by atoms with E-state index in [4.69, 9.17) is 0 Å². The molecule has 120 valence electrons. The molecule has 0 aliphatic rings. The van der Waals surface area contributed by atoms with Crippen molar-refractivity contribution in [3.8, 4) is 0 Å². The molecule has 0 aliphatic carbocycles. The molecule has 0 spiro atoms. The maximum atomic E-state index is 12.0. The zero-order chi connectivity index (χ0) is 16.2. The van der Waals surface area contributed by atoms with Gasteiger partial charge in [0.1, 0.15) is 0 Å². The first-order chi connectivity index (χ1) is 11.2. The van der Waals surface area contributed by atoms with Gasteiger partial charge in [0, 0.05) is 11.8 Å². The van der Waals surface area contributed by atoms with Crippen molar-refractivity contribution in [2.45, 2.75) is 25.8 Å². The Labute approximate surface area is 137 Å². The molecule has 0 saturated carbocycles. The summed E-state index contributed by atoms with van der Waals surface area (Å²) in [6.45, 7) is 1.94. The lowest BCUT2D eigenvalue weighted by Gasteiger charge is -2.14. The number of aliphatic hydroxyl groups excluding tert-OH is 1. The van der Waals surface area contributed by atoms with Crippen LogP contribution in [-0.4, -0.2) is 32.4 Å². The first-order valence-electron chi connectivity index (χ1n) is 7.50. The van der Waals surface area contributed by atoms with Crippen LogP contribution in [0.4, 0.5) is 5.13 Å². The average Bonchev–Trinajstić information content (AvgIpc) is 2.98. The Morgan fingerprint density at radius 3 is 2.83 bits per heavy atom. The van der Waals surface area contributed by atoms with Crippen molar-refractivity contribution in [3.05, 3.63) is 58.0 Å². The number of fused-ring (bicyclic) bond motifs is 1. The SMILES string of the molecule is CCc1cc(=O)n2nc(N[C@@H](CO)Cc3ccccc3)sc2n1. The predicted molar refractivity (Wildman–Crippen MR) is 91.2 cm³/mol. The number of aromatic nitrogens is 3. The zero-order valence-electron chi connectivity index (χ0n) is 12.8. The summed E-state index contributed by atoms with van der Waals surface area (Å²) in [5.41, 5.74) is 1.71. The van der Waals surface area contributed by atoms with Crippen LogP contribution in [0.25, 0.3) is 4.96 Å². The largest absolute Gasteiger partial charge is 0.394 e. The van der Waals surface area contributed by atoms with E-state index >= 15 is 0 Å². The molecule has 0 radical (unpaired) electrons. The van der Waals surface area contributed by atoms with Gasteiger partial charge in [0.05, 0.1) is 12.6 Å². The van der Waals surface area contributed by atoms with Gasteiger partial charge in [-0.3, -0.25) is 4.79 Å². The van der Waals surface area contributed by atoms with Crippen molar-refractivity contribution < 1.29 is 5.11 Å². The van der Waals surface area contributed by atoms with E-state index in [1.165, 1.54) is 21.9 Å². The molecule has 2 N–H and O–H groups in total. The first-order valence-corrected chi connectivity index (χ1v) is 8.32. The van der Waals surface area contributed by atoms with Crippen molar-refractivity contribution >= 4 is 21.4 Å². The van der Waals surface area contributed by atoms with Gasteiger partial charge in [-0.25, -0.2) is 4.98 Å². The number of benzene rings is 1. The van der Waals surface area contributed by atoms with Gasteiger partial charge in [-0.05, 0) is 18.4 Å². The molecular formula is C16H18N4O2S. The minimum atomic E-state index is -0.181. The molecule has 0 aliphatic heterocycles. The third-order valence-electron chi connectivity index (χ3n) is 3.53. The van der Waals surface area contributed by atoms with E-state index in [0.717, 1.165) is 11.3 Å². The van der Waals surface area contributed by atoms with Gasteiger partial charge >= 0.3 is 0 Å². The van der Waals surface area contributed by atoms with Crippen molar-refractivity contribution in [1.29, 1.82) is 0 Å². The normalized spacial score (nSPS) is 12.4. The van der Waals surface area contributed by atoms with Crippen LogP contribution >= 0.6 is 11.3 Å². The fourth-order valence-corrected chi connectivity index (χ4v) is 3.23. The van der Waals surface area contributed by atoms with E-state index in [0.29, 0.717) is 22.9 Å². The van der Waals surface area contributed by atoms with Crippen LogP contribution in [0.1, 0.15) is 18.2 Å². The summed E-state index contributed by atoms with van der Waals surface area (Å²) in [6.07, 6.45) is 1.38. The van der Waals surface area contributed by atoms with Crippen molar-refractivity contribution in [2.24, 2.45) is 0 Å². The predicted octanol–water partition coefficient (Wildman–Crippen LogP) is 1.73. The molecule has 0 saturated heterocycles. The summed E-state index contributed by atoms with van der Waals surface area (Å²) in [6, 6.07) is 11.3. The van der Waals surface area contributed by atoms with Crippen LogP contribution in [-0.2, 0) is 12.8 Å². The smallest absolute Gasteiger partial charge is 0.275 e. The molecule has 3 aromatic rings. The maximum Gasteiger partial charge on any atom is 0.275 e. The molecule has 2 aromatic heterocycles. The zero-order valence-corrected chi connectivity index (χ0v) is 13.6. The minimum Gasteiger partial charge on any atom is -0.394 e. The number of hydrogen-bond acceptors (Lipinski definition) is 6. The van der Waals surface area contributed by atoms with Gasteiger partial charge in [0.25, 0.3) is 5.56 Å². The fourth-order valence-electron chi connectivity index (χ4n) is 2.33. The van der Waals surface area contributed by atoms with Crippen LogP contribution in [0.2, 0.25) is 0 Å². The van der Waals surface area contributed by atoms with E-state index < -0.39 is 0 Å². The van der Waals surface area contributed by atoms with Gasteiger partial charge < -0.3 is 10.4 Å². The Kier molecular flexibility index (Phi) is 4.68. The van der Waals surface area contributed by atoms with Crippen molar-refractivity contribution in [3.63, 3.8) is 0 Å². The van der Waals surface area contributed by atoms with Crippen LogP contribution in [0.5, 0.6) is 0 Å². The van der Waals surface area contributed by atoms with Gasteiger partial charge in [-0.1, -0.05) is 48.6 Å². The van der Waals surface area contributed by atoms with Gasteiger partial charge in [0.15, 0.2) is 0 Å². The van der Waals surface area contributed by atoms with Crippen LogP contribution in [0.15, 0.2) is 41.2 Å². The second kappa shape index (κ2) is 6.89.